The topological polar surface area (TPSA) is 18.5 Å². The van der Waals surface area contributed by atoms with Crippen LogP contribution in [0.25, 0.3) is 0 Å². The summed E-state index contributed by atoms with van der Waals surface area (Å²) in [5.41, 5.74) is 0. The Kier molecular flexibility index (Phi) is 3.81. The lowest BCUT2D eigenvalue weighted by atomic mass is 10.2. The molecule has 0 aromatic rings. The molecule has 0 aromatic heterocycles. The van der Waals surface area contributed by atoms with E-state index in [0.29, 0.717) is 0 Å². The number of likely N-dealkylation sites (tertiary alicyclic amines) is 2. The third kappa shape index (κ3) is 2.61. The maximum atomic E-state index is 5.34. The third-order valence-corrected chi connectivity index (χ3v) is 3.84. The summed E-state index contributed by atoms with van der Waals surface area (Å²) < 4.78 is 0. The Morgan fingerprint density at radius 2 is 2.07 bits per heavy atom. The predicted molar refractivity (Wildman–Crippen MR) is 67.1 cm³/mol. The van der Waals surface area contributed by atoms with Crippen molar-refractivity contribution in [1.82, 2.24) is 15.1 Å². The molecule has 0 saturated carbocycles. The first kappa shape index (κ1) is 11.1. The van der Waals surface area contributed by atoms with E-state index in [-0.39, 0.29) is 0 Å². The van der Waals surface area contributed by atoms with E-state index >= 15 is 0 Å². The van der Waals surface area contributed by atoms with Crippen molar-refractivity contribution in [2.75, 3.05) is 32.7 Å². The van der Waals surface area contributed by atoms with Crippen molar-refractivity contribution in [2.45, 2.75) is 32.2 Å². The molecular formula is C11H21N3S. The van der Waals surface area contributed by atoms with E-state index in [0.717, 1.165) is 30.8 Å². The normalized spacial score (nSPS) is 27.3. The molecule has 2 aliphatic rings. The zero-order valence-electron chi connectivity index (χ0n) is 9.54. The maximum absolute atomic E-state index is 5.34. The molecule has 2 fully saturated rings. The van der Waals surface area contributed by atoms with Gasteiger partial charge in [-0.2, -0.15) is 0 Å². The molecule has 1 unspecified atom stereocenters. The predicted octanol–water partition coefficient (Wildman–Crippen LogP) is 1.05. The lowest BCUT2D eigenvalue weighted by molar-refractivity contribution is 0.250. The number of nitrogens with zero attached hydrogens (tertiary/aromatic N) is 2. The summed E-state index contributed by atoms with van der Waals surface area (Å²) in [4.78, 5) is 4.95. The fourth-order valence-electron chi connectivity index (χ4n) is 2.59. The van der Waals surface area contributed by atoms with Gasteiger partial charge in [-0.15, -0.1) is 0 Å². The smallest absolute Gasteiger partial charge is 0.168 e. The number of rotatable bonds is 2. The van der Waals surface area contributed by atoms with E-state index in [9.17, 15) is 0 Å². The highest BCUT2D eigenvalue weighted by Gasteiger charge is 2.29. The van der Waals surface area contributed by atoms with Gasteiger partial charge in [0.15, 0.2) is 5.11 Å². The van der Waals surface area contributed by atoms with Crippen molar-refractivity contribution in [1.29, 1.82) is 0 Å². The van der Waals surface area contributed by atoms with Crippen LogP contribution >= 0.6 is 12.2 Å². The van der Waals surface area contributed by atoms with Crippen molar-refractivity contribution in [3.8, 4) is 0 Å². The van der Waals surface area contributed by atoms with Gasteiger partial charge in [-0.25, -0.2) is 0 Å². The molecule has 2 rings (SSSR count). The second-order valence-corrected chi connectivity index (χ2v) is 4.85. The zero-order chi connectivity index (χ0) is 10.7. The van der Waals surface area contributed by atoms with Gasteiger partial charge in [-0.3, -0.25) is 4.90 Å². The molecule has 3 nitrogen and oxygen atoms in total. The van der Waals surface area contributed by atoms with Gasteiger partial charge in [0.1, 0.15) is 0 Å². The third-order valence-electron chi connectivity index (χ3n) is 3.44. The van der Waals surface area contributed by atoms with Crippen LogP contribution in [0.15, 0.2) is 0 Å². The van der Waals surface area contributed by atoms with Crippen molar-refractivity contribution in [3.63, 3.8) is 0 Å². The summed E-state index contributed by atoms with van der Waals surface area (Å²) in [5, 5.41) is 4.18. The van der Waals surface area contributed by atoms with Gasteiger partial charge >= 0.3 is 0 Å². The lowest BCUT2D eigenvalue weighted by Crippen LogP contribution is -2.41. The van der Waals surface area contributed by atoms with Crippen molar-refractivity contribution < 1.29 is 0 Å². The van der Waals surface area contributed by atoms with Gasteiger partial charge in [0, 0.05) is 25.7 Å². The first-order valence-electron chi connectivity index (χ1n) is 6.08. The molecule has 0 aromatic carbocycles. The molecule has 0 spiro atoms. The Balaban J connectivity index is 1.80. The summed E-state index contributed by atoms with van der Waals surface area (Å²) in [6.07, 6.45) is 4.05. The molecule has 2 heterocycles. The van der Waals surface area contributed by atoms with Gasteiger partial charge in [0.05, 0.1) is 0 Å². The highest BCUT2D eigenvalue weighted by atomic mass is 32.1. The van der Waals surface area contributed by atoms with Crippen LogP contribution in [0, 0.1) is 0 Å². The quantitative estimate of drug-likeness (QED) is 0.711. The molecular weight excluding hydrogens is 206 g/mol. The number of nitrogens with one attached hydrogen (secondary N) is 1. The number of hydrogen-bond donors (Lipinski definition) is 1. The van der Waals surface area contributed by atoms with E-state index in [2.05, 4.69) is 22.0 Å². The second-order valence-electron chi connectivity index (χ2n) is 4.47. The van der Waals surface area contributed by atoms with Gasteiger partial charge in [0.25, 0.3) is 0 Å². The highest BCUT2D eigenvalue weighted by molar-refractivity contribution is 7.80. The first-order chi connectivity index (χ1) is 7.31. The van der Waals surface area contributed by atoms with E-state index in [1.54, 1.807) is 0 Å². The molecule has 0 radical (unpaired) electrons. The minimum atomic E-state index is 0.754. The molecule has 2 aliphatic heterocycles. The fraction of sp³-hybridized carbons (Fsp3) is 0.909. The SMILES string of the molecule is CCNC(=S)N1CCC(N2CCCC2)C1. The molecule has 1 atom stereocenters. The van der Waals surface area contributed by atoms with Gasteiger partial charge in [-0.05, 0) is 51.5 Å². The molecule has 0 bridgehead atoms. The summed E-state index contributed by atoms with van der Waals surface area (Å²) in [6, 6.07) is 0.754. The molecule has 0 aliphatic carbocycles. The second kappa shape index (κ2) is 5.12. The average Bonchev–Trinajstić information content (AvgIpc) is 2.89. The Morgan fingerprint density at radius 3 is 2.73 bits per heavy atom. The first-order valence-corrected chi connectivity index (χ1v) is 6.49. The number of hydrogen-bond acceptors (Lipinski definition) is 2. The van der Waals surface area contributed by atoms with Crippen LogP contribution < -0.4 is 5.32 Å². The van der Waals surface area contributed by atoms with Crippen LogP contribution in [0.1, 0.15) is 26.2 Å². The van der Waals surface area contributed by atoms with E-state index in [1.807, 2.05) is 0 Å². The summed E-state index contributed by atoms with van der Waals surface area (Å²) >= 11 is 5.34. The van der Waals surface area contributed by atoms with E-state index in [1.165, 1.54) is 32.4 Å². The van der Waals surface area contributed by atoms with E-state index in [4.69, 9.17) is 12.2 Å². The van der Waals surface area contributed by atoms with Gasteiger partial charge in [-0.1, -0.05) is 0 Å². The molecule has 2 saturated heterocycles. The maximum Gasteiger partial charge on any atom is 0.168 e. The van der Waals surface area contributed by atoms with Crippen LogP contribution in [0.5, 0.6) is 0 Å². The Morgan fingerprint density at radius 1 is 1.33 bits per heavy atom. The zero-order valence-corrected chi connectivity index (χ0v) is 10.4. The van der Waals surface area contributed by atoms with Crippen molar-refractivity contribution in [3.05, 3.63) is 0 Å². The van der Waals surface area contributed by atoms with Crippen LogP contribution in [-0.2, 0) is 0 Å². The summed E-state index contributed by atoms with van der Waals surface area (Å²) in [5.74, 6) is 0. The average molecular weight is 227 g/mol. The van der Waals surface area contributed by atoms with Crippen LogP contribution in [-0.4, -0.2) is 53.7 Å². The standard InChI is InChI=1S/C11H21N3S/c1-2-12-11(15)14-8-5-10(9-14)13-6-3-4-7-13/h10H,2-9H2,1H3,(H,12,15). The van der Waals surface area contributed by atoms with Crippen molar-refractivity contribution in [2.24, 2.45) is 0 Å². The lowest BCUT2D eigenvalue weighted by Gasteiger charge is -2.24. The van der Waals surface area contributed by atoms with Gasteiger partial charge < -0.3 is 10.2 Å². The Bertz CT molecular complexity index is 226. The van der Waals surface area contributed by atoms with E-state index < -0.39 is 0 Å². The van der Waals surface area contributed by atoms with Crippen LogP contribution in [0.4, 0.5) is 0 Å². The van der Waals surface area contributed by atoms with Gasteiger partial charge in [0.2, 0.25) is 0 Å². The number of thiocarbonyl (C=S) groups is 1. The van der Waals surface area contributed by atoms with Crippen LogP contribution in [0.3, 0.4) is 0 Å². The Labute approximate surface area is 97.8 Å². The summed E-state index contributed by atoms with van der Waals surface area (Å²) in [6.45, 7) is 7.89. The molecule has 0 amide bonds. The van der Waals surface area contributed by atoms with Crippen LogP contribution in [0.2, 0.25) is 0 Å². The molecule has 15 heavy (non-hydrogen) atoms. The molecule has 86 valence electrons. The highest BCUT2D eigenvalue weighted by Crippen LogP contribution is 2.20. The minimum absolute atomic E-state index is 0.754. The van der Waals surface area contributed by atoms with Crippen molar-refractivity contribution >= 4 is 17.3 Å². The Hall–Kier alpha value is -0.350. The molecule has 1 N–H and O–H groups in total. The monoisotopic (exact) mass is 227 g/mol. The minimum Gasteiger partial charge on any atom is -0.363 e. The molecule has 4 heteroatoms. The largest absolute Gasteiger partial charge is 0.363 e. The summed E-state index contributed by atoms with van der Waals surface area (Å²) in [7, 11) is 0. The fourth-order valence-corrected chi connectivity index (χ4v) is 2.90.